The smallest absolute Gasteiger partial charge is 0.243 e. The van der Waals surface area contributed by atoms with E-state index in [1.165, 1.54) is 12.1 Å². The van der Waals surface area contributed by atoms with Gasteiger partial charge in [-0.05, 0) is 42.1 Å². The van der Waals surface area contributed by atoms with E-state index in [4.69, 9.17) is 5.73 Å². The minimum Gasteiger partial charge on any atom is -0.368 e. The lowest BCUT2D eigenvalue weighted by Gasteiger charge is -2.29. The molecule has 3 nitrogen and oxygen atoms in total. The van der Waals surface area contributed by atoms with Gasteiger partial charge in [0.2, 0.25) is 5.91 Å². The lowest BCUT2D eigenvalue weighted by atomic mass is 9.91. The summed E-state index contributed by atoms with van der Waals surface area (Å²) in [6.45, 7) is 1.78. The normalized spacial score (nSPS) is 13.9. The predicted octanol–water partition coefficient (Wildman–Crippen LogP) is 3.22. The summed E-state index contributed by atoms with van der Waals surface area (Å²) in [5, 5.41) is 0.877. The van der Waals surface area contributed by atoms with Crippen LogP contribution in [0.1, 0.15) is 12.5 Å². The lowest BCUT2D eigenvalue weighted by Crippen LogP contribution is -2.45. The second-order valence-corrected chi connectivity index (χ2v) is 5.69. The summed E-state index contributed by atoms with van der Waals surface area (Å²) in [5.41, 5.74) is 6.39. The lowest BCUT2D eigenvalue weighted by molar-refractivity contribution is -0.125. The Bertz CT molecular complexity index is 825. The van der Waals surface area contributed by atoms with Gasteiger partial charge in [-0.25, -0.2) is 4.39 Å². The van der Waals surface area contributed by atoms with Crippen LogP contribution in [0.15, 0.2) is 60.8 Å². The summed E-state index contributed by atoms with van der Waals surface area (Å²) < 4.78 is 15.3. The average Bonchev–Trinajstić information content (AvgIpc) is 2.91. The molecule has 1 aromatic heterocycles. The molecule has 0 fully saturated rings. The van der Waals surface area contributed by atoms with Gasteiger partial charge in [0.15, 0.2) is 0 Å². The van der Waals surface area contributed by atoms with E-state index in [9.17, 15) is 9.18 Å². The van der Waals surface area contributed by atoms with Gasteiger partial charge in [0.25, 0.3) is 0 Å². The van der Waals surface area contributed by atoms with Crippen molar-refractivity contribution in [2.24, 2.45) is 5.73 Å². The Morgan fingerprint density at radius 3 is 2.59 bits per heavy atom. The van der Waals surface area contributed by atoms with E-state index in [1.807, 2.05) is 36.4 Å². The maximum absolute atomic E-state index is 13.6. The first-order chi connectivity index (χ1) is 10.5. The zero-order valence-electron chi connectivity index (χ0n) is 12.3. The first kappa shape index (κ1) is 14.3. The Kier molecular flexibility index (Phi) is 3.45. The molecule has 2 N–H and O–H groups in total. The van der Waals surface area contributed by atoms with Crippen LogP contribution < -0.4 is 5.73 Å². The third-order valence-corrected chi connectivity index (χ3v) is 4.11. The topological polar surface area (TPSA) is 48.0 Å². The largest absolute Gasteiger partial charge is 0.368 e. The van der Waals surface area contributed by atoms with Crippen LogP contribution in [0.4, 0.5) is 4.39 Å². The number of nitrogens with zero attached hydrogens (tertiary/aromatic N) is 1. The molecule has 0 spiro atoms. The number of aromatic nitrogens is 1. The van der Waals surface area contributed by atoms with E-state index >= 15 is 0 Å². The van der Waals surface area contributed by atoms with Crippen LogP contribution in [0, 0.1) is 5.82 Å². The number of amides is 1. The summed E-state index contributed by atoms with van der Waals surface area (Å²) in [6.07, 6.45) is 2.24. The highest BCUT2D eigenvalue weighted by Crippen LogP contribution is 2.28. The maximum Gasteiger partial charge on any atom is 0.243 e. The SMILES string of the molecule is CC(Cc1ccccc1)(C(N)=O)n1ccc2ccc(F)cc21. The van der Waals surface area contributed by atoms with E-state index in [-0.39, 0.29) is 5.82 Å². The summed E-state index contributed by atoms with van der Waals surface area (Å²) in [4.78, 5) is 12.2. The molecule has 2 aromatic carbocycles. The van der Waals surface area contributed by atoms with Gasteiger partial charge in [0.1, 0.15) is 11.4 Å². The number of primary amides is 1. The molecule has 1 amide bonds. The number of rotatable bonds is 4. The highest BCUT2D eigenvalue weighted by atomic mass is 19.1. The molecule has 22 heavy (non-hydrogen) atoms. The molecule has 3 rings (SSSR count). The number of carbonyl (C=O) groups is 1. The van der Waals surface area contributed by atoms with Crippen molar-refractivity contribution < 1.29 is 9.18 Å². The van der Waals surface area contributed by atoms with Gasteiger partial charge in [-0.2, -0.15) is 0 Å². The molecule has 1 atom stereocenters. The molecule has 0 aliphatic rings. The number of nitrogens with two attached hydrogens (primary N) is 1. The van der Waals surface area contributed by atoms with Gasteiger partial charge in [0, 0.05) is 12.6 Å². The monoisotopic (exact) mass is 296 g/mol. The summed E-state index contributed by atoms with van der Waals surface area (Å²) in [7, 11) is 0. The van der Waals surface area contributed by atoms with Crippen molar-refractivity contribution in [3.8, 4) is 0 Å². The number of halogens is 1. The Labute approximate surface area is 128 Å². The van der Waals surface area contributed by atoms with Gasteiger partial charge >= 0.3 is 0 Å². The molecular weight excluding hydrogens is 279 g/mol. The highest BCUT2D eigenvalue weighted by molar-refractivity contribution is 5.87. The molecule has 0 saturated carbocycles. The van der Waals surface area contributed by atoms with E-state index in [0.717, 1.165) is 10.9 Å². The fourth-order valence-corrected chi connectivity index (χ4v) is 2.82. The van der Waals surface area contributed by atoms with Crippen molar-refractivity contribution in [3.05, 3.63) is 72.2 Å². The average molecular weight is 296 g/mol. The summed E-state index contributed by atoms with van der Waals surface area (Å²) in [5.74, 6) is -0.780. The zero-order chi connectivity index (χ0) is 15.7. The first-order valence-electron chi connectivity index (χ1n) is 7.12. The van der Waals surface area contributed by atoms with E-state index in [0.29, 0.717) is 11.9 Å². The fraction of sp³-hybridized carbons (Fsp3) is 0.167. The number of benzene rings is 2. The number of carbonyl (C=O) groups excluding carboxylic acids is 1. The predicted molar refractivity (Wildman–Crippen MR) is 84.9 cm³/mol. The van der Waals surface area contributed by atoms with E-state index < -0.39 is 11.4 Å². The van der Waals surface area contributed by atoms with Gasteiger partial charge in [0.05, 0.1) is 5.52 Å². The minimum atomic E-state index is -0.961. The van der Waals surface area contributed by atoms with Crippen LogP contribution in [0.2, 0.25) is 0 Å². The van der Waals surface area contributed by atoms with Crippen LogP contribution in [-0.2, 0) is 16.8 Å². The van der Waals surface area contributed by atoms with Crippen LogP contribution in [-0.4, -0.2) is 10.5 Å². The Hall–Kier alpha value is -2.62. The molecule has 112 valence electrons. The van der Waals surface area contributed by atoms with Gasteiger partial charge in [-0.15, -0.1) is 0 Å². The molecule has 4 heteroatoms. The first-order valence-corrected chi connectivity index (χ1v) is 7.12. The molecule has 0 saturated heterocycles. The van der Waals surface area contributed by atoms with Crippen LogP contribution >= 0.6 is 0 Å². The Morgan fingerprint density at radius 1 is 1.18 bits per heavy atom. The third kappa shape index (κ3) is 2.37. The molecule has 0 bridgehead atoms. The van der Waals surface area contributed by atoms with Crippen LogP contribution in [0.25, 0.3) is 10.9 Å². The Morgan fingerprint density at radius 2 is 1.91 bits per heavy atom. The van der Waals surface area contributed by atoms with Crippen LogP contribution in [0.5, 0.6) is 0 Å². The van der Waals surface area contributed by atoms with E-state index in [1.54, 1.807) is 23.8 Å². The number of hydrogen-bond acceptors (Lipinski definition) is 1. The standard InChI is InChI=1S/C18H17FN2O/c1-18(17(20)22,12-13-5-3-2-4-6-13)21-10-9-14-7-8-15(19)11-16(14)21/h2-11H,12H2,1H3,(H2,20,22). The van der Waals surface area contributed by atoms with Crippen molar-refractivity contribution in [2.75, 3.05) is 0 Å². The van der Waals surface area contributed by atoms with E-state index in [2.05, 4.69) is 0 Å². The van der Waals surface area contributed by atoms with Crippen molar-refractivity contribution in [1.29, 1.82) is 0 Å². The zero-order valence-corrected chi connectivity index (χ0v) is 12.3. The molecular formula is C18H17FN2O. The minimum absolute atomic E-state index is 0.334. The van der Waals surface area contributed by atoms with Gasteiger partial charge in [-0.1, -0.05) is 30.3 Å². The second-order valence-electron chi connectivity index (χ2n) is 5.69. The maximum atomic E-state index is 13.6. The quantitative estimate of drug-likeness (QED) is 0.789. The van der Waals surface area contributed by atoms with Gasteiger partial charge < -0.3 is 10.3 Å². The number of fused-ring (bicyclic) bond motifs is 1. The summed E-state index contributed by atoms with van der Waals surface area (Å²) >= 11 is 0. The molecule has 1 unspecified atom stereocenters. The second kappa shape index (κ2) is 5.30. The third-order valence-electron chi connectivity index (χ3n) is 4.11. The molecule has 3 aromatic rings. The van der Waals surface area contributed by atoms with Crippen molar-refractivity contribution in [1.82, 2.24) is 4.57 Å². The molecule has 0 aliphatic carbocycles. The number of hydrogen-bond donors (Lipinski definition) is 1. The van der Waals surface area contributed by atoms with Crippen LogP contribution in [0.3, 0.4) is 0 Å². The fourth-order valence-electron chi connectivity index (χ4n) is 2.82. The molecule has 0 aliphatic heterocycles. The van der Waals surface area contributed by atoms with Gasteiger partial charge in [-0.3, -0.25) is 4.79 Å². The summed E-state index contributed by atoms with van der Waals surface area (Å²) in [6, 6.07) is 16.1. The van der Waals surface area contributed by atoms with Crippen molar-refractivity contribution in [2.45, 2.75) is 18.9 Å². The molecule has 0 radical (unpaired) electrons. The van der Waals surface area contributed by atoms with Crippen molar-refractivity contribution in [3.63, 3.8) is 0 Å². The molecule has 1 heterocycles. The Balaban J connectivity index is 2.13. The highest BCUT2D eigenvalue weighted by Gasteiger charge is 2.34. The van der Waals surface area contributed by atoms with Crippen molar-refractivity contribution >= 4 is 16.8 Å².